The van der Waals surface area contributed by atoms with Crippen LogP contribution in [0.4, 0.5) is 0 Å². The molecule has 3 nitrogen and oxygen atoms in total. The third kappa shape index (κ3) is 5.85. The molecule has 0 unspecified atom stereocenters. The Hall–Kier alpha value is -7.10. The Labute approximate surface area is 307 Å². The summed E-state index contributed by atoms with van der Waals surface area (Å²) in [5.41, 5.74) is 13.5. The number of hydrogen-bond donors (Lipinski definition) is 0. The molecule has 2 aromatic heterocycles. The highest BCUT2D eigenvalue weighted by atomic mass is 16.3. The van der Waals surface area contributed by atoms with Crippen LogP contribution < -0.4 is 0 Å². The molecule has 10 rings (SSSR count). The molecule has 0 aliphatic rings. The summed E-state index contributed by atoms with van der Waals surface area (Å²) in [6.45, 7) is 0. The van der Waals surface area contributed by atoms with Crippen molar-refractivity contribution in [3.63, 3.8) is 0 Å². The van der Waals surface area contributed by atoms with Gasteiger partial charge in [0.1, 0.15) is 11.2 Å². The van der Waals surface area contributed by atoms with Crippen molar-refractivity contribution in [1.82, 2.24) is 9.97 Å². The standard InChI is InChI=1S/C50H32N2O/c1-4-12-33(13-5-1)36-20-21-38-27-39(23-22-37(38)26-36)41-28-42(40-24-25-49-45(31-40)44-18-10-11-19-48(44)53-49)30-43(29-41)47-32-46(34-14-6-2-7-15-34)51-50(52-47)35-16-8-3-9-17-35/h1-32H. The van der Waals surface area contributed by atoms with Crippen molar-refractivity contribution >= 4 is 32.7 Å². The van der Waals surface area contributed by atoms with Gasteiger partial charge < -0.3 is 4.42 Å². The number of aromatic nitrogens is 2. The first-order chi connectivity index (χ1) is 26.2. The Kier molecular flexibility index (Phi) is 7.47. The molecule has 53 heavy (non-hydrogen) atoms. The fourth-order valence-corrected chi connectivity index (χ4v) is 7.32. The second kappa shape index (κ2) is 12.9. The zero-order chi connectivity index (χ0) is 35.1. The topological polar surface area (TPSA) is 38.9 Å². The molecule has 3 heteroatoms. The van der Waals surface area contributed by atoms with Crippen LogP contribution in [0.3, 0.4) is 0 Å². The summed E-state index contributed by atoms with van der Waals surface area (Å²) in [7, 11) is 0. The summed E-state index contributed by atoms with van der Waals surface area (Å²) in [5.74, 6) is 0.695. The number of benzene rings is 8. The van der Waals surface area contributed by atoms with Crippen LogP contribution in [0.2, 0.25) is 0 Å². The molecule has 0 bridgehead atoms. The van der Waals surface area contributed by atoms with Crippen molar-refractivity contribution < 1.29 is 4.42 Å². The van der Waals surface area contributed by atoms with Gasteiger partial charge in [-0.2, -0.15) is 0 Å². The monoisotopic (exact) mass is 676 g/mol. The minimum absolute atomic E-state index is 0.695. The van der Waals surface area contributed by atoms with Crippen molar-refractivity contribution in [2.24, 2.45) is 0 Å². The van der Waals surface area contributed by atoms with Crippen LogP contribution in [0.25, 0.3) is 100.0 Å². The summed E-state index contributed by atoms with van der Waals surface area (Å²) in [6.07, 6.45) is 0. The van der Waals surface area contributed by atoms with Gasteiger partial charge in [-0.1, -0.05) is 140 Å². The summed E-state index contributed by atoms with van der Waals surface area (Å²) >= 11 is 0. The lowest BCUT2D eigenvalue weighted by molar-refractivity contribution is 0.669. The first-order valence-corrected chi connectivity index (χ1v) is 17.9. The SMILES string of the molecule is c1ccc(-c2ccc3cc(-c4cc(-c5ccc6oc7ccccc7c6c5)cc(-c5cc(-c6ccccc6)nc(-c6ccccc6)n5)c4)ccc3c2)cc1. The Morgan fingerprint density at radius 3 is 1.45 bits per heavy atom. The Bertz CT molecular complexity index is 2870. The van der Waals surface area contributed by atoms with E-state index >= 15 is 0 Å². The molecule has 0 spiro atoms. The maximum Gasteiger partial charge on any atom is 0.160 e. The Morgan fingerprint density at radius 2 is 0.774 bits per heavy atom. The van der Waals surface area contributed by atoms with Crippen molar-refractivity contribution in [3.8, 4) is 67.3 Å². The number of rotatable bonds is 6. The smallest absolute Gasteiger partial charge is 0.160 e. The van der Waals surface area contributed by atoms with Crippen molar-refractivity contribution in [2.75, 3.05) is 0 Å². The van der Waals surface area contributed by atoms with Gasteiger partial charge in [0.15, 0.2) is 5.82 Å². The number of hydrogen-bond acceptors (Lipinski definition) is 3. The number of nitrogens with zero attached hydrogens (tertiary/aromatic N) is 2. The van der Waals surface area contributed by atoms with Gasteiger partial charge in [-0.15, -0.1) is 0 Å². The van der Waals surface area contributed by atoms with Gasteiger partial charge in [-0.05, 0) is 98.8 Å². The van der Waals surface area contributed by atoms with Crippen LogP contribution in [0.1, 0.15) is 0 Å². The van der Waals surface area contributed by atoms with E-state index in [1.165, 1.54) is 21.9 Å². The molecule has 0 saturated heterocycles. The highest BCUT2D eigenvalue weighted by Gasteiger charge is 2.15. The minimum atomic E-state index is 0.695. The van der Waals surface area contributed by atoms with Gasteiger partial charge in [0.2, 0.25) is 0 Å². The summed E-state index contributed by atoms with van der Waals surface area (Å²) in [4.78, 5) is 10.3. The molecule has 248 valence electrons. The second-order valence-electron chi connectivity index (χ2n) is 13.4. The van der Waals surface area contributed by atoms with Crippen molar-refractivity contribution in [2.45, 2.75) is 0 Å². The summed E-state index contributed by atoms with van der Waals surface area (Å²) in [6, 6.07) is 68.3. The maximum atomic E-state index is 6.20. The number of para-hydroxylation sites is 1. The highest BCUT2D eigenvalue weighted by Crippen LogP contribution is 2.38. The number of furan rings is 1. The van der Waals surface area contributed by atoms with Crippen LogP contribution in [0, 0.1) is 0 Å². The van der Waals surface area contributed by atoms with Crippen LogP contribution in [0.15, 0.2) is 199 Å². The average molecular weight is 677 g/mol. The molecule has 0 radical (unpaired) electrons. The normalized spacial score (nSPS) is 11.4. The second-order valence-corrected chi connectivity index (χ2v) is 13.4. The van der Waals surface area contributed by atoms with Crippen LogP contribution in [0.5, 0.6) is 0 Å². The van der Waals surface area contributed by atoms with Gasteiger partial charge in [0.25, 0.3) is 0 Å². The van der Waals surface area contributed by atoms with E-state index in [0.29, 0.717) is 5.82 Å². The zero-order valence-electron chi connectivity index (χ0n) is 28.8. The Balaban J connectivity index is 1.17. The molecule has 0 amide bonds. The maximum absolute atomic E-state index is 6.20. The fraction of sp³-hybridized carbons (Fsp3) is 0. The van der Waals surface area contributed by atoms with E-state index in [9.17, 15) is 0 Å². The van der Waals surface area contributed by atoms with Crippen molar-refractivity contribution in [1.29, 1.82) is 0 Å². The lowest BCUT2D eigenvalue weighted by atomic mass is 9.92. The van der Waals surface area contributed by atoms with Gasteiger partial charge >= 0.3 is 0 Å². The quantitative estimate of drug-likeness (QED) is 0.176. The molecule has 0 fully saturated rings. The van der Waals surface area contributed by atoms with E-state index < -0.39 is 0 Å². The third-order valence-electron chi connectivity index (χ3n) is 10.0. The molecule has 0 saturated carbocycles. The molecule has 0 atom stereocenters. The predicted molar refractivity (Wildman–Crippen MR) is 219 cm³/mol. The molecular weight excluding hydrogens is 645 g/mol. The van der Waals surface area contributed by atoms with E-state index in [1.807, 2.05) is 36.4 Å². The molecule has 8 aromatic carbocycles. The van der Waals surface area contributed by atoms with E-state index in [0.717, 1.165) is 72.3 Å². The molecule has 0 aliphatic heterocycles. The van der Waals surface area contributed by atoms with Gasteiger partial charge in [0.05, 0.1) is 11.4 Å². The fourth-order valence-electron chi connectivity index (χ4n) is 7.32. The van der Waals surface area contributed by atoms with E-state index in [1.54, 1.807) is 0 Å². The molecule has 2 heterocycles. The minimum Gasteiger partial charge on any atom is -0.456 e. The van der Waals surface area contributed by atoms with Crippen LogP contribution in [-0.2, 0) is 0 Å². The van der Waals surface area contributed by atoms with E-state index in [4.69, 9.17) is 14.4 Å². The van der Waals surface area contributed by atoms with Gasteiger partial charge in [-0.25, -0.2) is 9.97 Å². The zero-order valence-corrected chi connectivity index (χ0v) is 28.8. The molecule has 0 aliphatic carbocycles. The molecule has 0 N–H and O–H groups in total. The van der Waals surface area contributed by atoms with Gasteiger partial charge in [-0.3, -0.25) is 0 Å². The average Bonchev–Trinajstić information content (AvgIpc) is 3.62. The van der Waals surface area contributed by atoms with E-state index in [-0.39, 0.29) is 0 Å². The first kappa shape index (κ1) is 30.7. The Morgan fingerprint density at radius 1 is 0.283 bits per heavy atom. The van der Waals surface area contributed by atoms with Crippen molar-refractivity contribution in [3.05, 3.63) is 194 Å². The van der Waals surface area contributed by atoms with E-state index in [2.05, 4.69) is 158 Å². The lowest BCUT2D eigenvalue weighted by Crippen LogP contribution is -1.96. The summed E-state index contributed by atoms with van der Waals surface area (Å²) < 4.78 is 6.20. The third-order valence-corrected chi connectivity index (χ3v) is 10.0. The predicted octanol–water partition coefficient (Wildman–Crippen LogP) is 13.5. The molecular formula is C50H32N2O. The lowest BCUT2D eigenvalue weighted by Gasteiger charge is -2.14. The van der Waals surface area contributed by atoms with Crippen LogP contribution >= 0.6 is 0 Å². The number of fused-ring (bicyclic) bond motifs is 4. The largest absolute Gasteiger partial charge is 0.456 e. The van der Waals surface area contributed by atoms with Crippen LogP contribution in [-0.4, -0.2) is 9.97 Å². The van der Waals surface area contributed by atoms with Gasteiger partial charge in [0, 0.05) is 27.5 Å². The highest BCUT2D eigenvalue weighted by molar-refractivity contribution is 6.06. The first-order valence-electron chi connectivity index (χ1n) is 17.9. The molecule has 10 aromatic rings. The summed E-state index contributed by atoms with van der Waals surface area (Å²) in [5, 5.41) is 4.62.